The van der Waals surface area contributed by atoms with Gasteiger partial charge < -0.3 is 9.47 Å². The summed E-state index contributed by atoms with van der Waals surface area (Å²) < 4.78 is 12.4. The number of halogens is 1. The summed E-state index contributed by atoms with van der Waals surface area (Å²) in [5.41, 5.74) is 0.678. The third-order valence-electron chi connectivity index (χ3n) is 3.07. The van der Waals surface area contributed by atoms with Crippen LogP contribution in [0.1, 0.15) is 18.5 Å². The van der Waals surface area contributed by atoms with Crippen molar-refractivity contribution in [1.29, 1.82) is 0 Å². The second-order valence-electron chi connectivity index (χ2n) is 4.44. The Morgan fingerprint density at radius 2 is 2.60 bits per heavy atom. The topological polar surface area (TPSA) is 52.8 Å². The molecule has 3 heterocycles. The molecule has 1 unspecified atom stereocenters. The molecule has 3 rings (SSSR count). The highest BCUT2D eigenvalue weighted by atomic mass is 35.5. The number of nitrogens with zero attached hydrogens (tertiary/aromatic N) is 2. The summed E-state index contributed by atoms with van der Waals surface area (Å²) in [5, 5.41) is 2.28. The fraction of sp³-hybridized carbons (Fsp3) is 0.385. The molecule has 0 amide bonds. The average Bonchev–Trinajstić information content (AvgIpc) is 3.11. The molecule has 1 aliphatic heterocycles. The number of esters is 1. The Balaban J connectivity index is 1.62. The Morgan fingerprint density at radius 3 is 3.40 bits per heavy atom. The standard InChI is InChI=1S/C13H13ClN2O3S/c14-12-10(16-5-7-20-13(16)15-12)3-4-11(17)19-8-9-2-1-6-18-9/h3-5,7,9H,1-2,6,8H2. The highest BCUT2D eigenvalue weighted by molar-refractivity contribution is 7.15. The van der Waals surface area contributed by atoms with Crippen LogP contribution in [0, 0.1) is 0 Å². The van der Waals surface area contributed by atoms with Crippen LogP contribution in [0.4, 0.5) is 0 Å². The normalized spacial score (nSPS) is 19.1. The molecule has 1 fully saturated rings. The zero-order chi connectivity index (χ0) is 13.9. The highest BCUT2D eigenvalue weighted by Gasteiger charge is 2.16. The first-order valence-electron chi connectivity index (χ1n) is 6.31. The first-order chi connectivity index (χ1) is 9.74. The summed E-state index contributed by atoms with van der Waals surface area (Å²) >= 11 is 7.51. The van der Waals surface area contributed by atoms with Crippen LogP contribution in [0.2, 0.25) is 5.15 Å². The van der Waals surface area contributed by atoms with E-state index in [-0.39, 0.29) is 6.10 Å². The predicted molar refractivity (Wildman–Crippen MR) is 77.0 cm³/mol. The monoisotopic (exact) mass is 312 g/mol. The van der Waals surface area contributed by atoms with Crippen molar-refractivity contribution in [3.8, 4) is 0 Å². The van der Waals surface area contributed by atoms with Crippen LogP contribution in [-0.2, 0) is 14.3 Å². The van der Waals surface area contributed by atoms with Gasteiger partial charge in [0.2, 0.25) is 0 Å². The summed E-state index contributed by atoms with van der Waals surface area (Å²) in [6.07, 6.45) is 6.85. The van der Waals surface area contributed by atoms with Gasteiger partial charge in [-0.25, -0.2) is 9.78 Å². The van der Waals surface area contributed by atoms with E-state index in [1.165, 1.54) is 17.4 Å². The molecule has 0 radical (unpaired) electrons. The fourth-order valence-corrected chi connectivity index (χ4v) is 3.08. The van der Waals surface area contributed by atoms with E-state index < -0.39 is 5.97 Å². The lowest BCUT2D eigenvalue weighted by Crippen LogP contribution is -2.16. The van der Waals surface area contributed by atoms with E-state index in [1.807, 2.05) is 16.0 Å². The van der Waals surface area contributed by atoms with Gasteiger partial charge in [-0.1, -0.05) is 11.6 Å². The third kappa shape index (κ3) is 2.87. The van der Waals surface area contributed by atoms with Crippen molar-refractivity contribution in [3.63, 3.8) is 0 Å². The number of carbonyl (C=O) groups excluding carboxylic acids is 1. The van der Waals surface area contributed by atoms with E-state index in [4.69, 9.17) is 21.1 Å². The largest absolute Gasteiger partial charge is 0.460 e. The van der Waals surface area contributed by atoms with Crippen LogP contribution in [0.15, 0.2) is 17.7 Å². The molecule has 0 N–H and O–H groups in total. The lowest BCUT2D eigenvalue weighted by molar-refractivity contribution is -0.140. The average molecular weight is 313 g/mol. The van der Waals surface area contributed by atoms with Crippen LogP contribution in [0.3, 0.4) is 0 Å². The number of ether oxygens (including phenoxy) is 2. The van der Waals surface area contributed by atoms with Crippen molar-refractivity contribution in [1.82, 2.24) is 9.38 Å². The van der Waals surface area contributed by atoms with Crippen LogP contribution in [-0.4, -0.2) is 34.7 Å². The fourth-order valence-electron chi connectivity index (χ4n) is 2.07. The number of rotatable bonds is 4. The Labute approximate surface area is 124 Å². The van der Waals surface area contributed by atoms with Gasteiger partial charge >= 0.3 is 5.97 Å². The Hall–Kier alpha value is -1.37. The van der Waals surface area contributed by atoms with Gasteiger partial charge in [0.1, 0.15) is 6.61 Å². The highest BCUT2D eigenvalue weighted by Crippen LogP contribution is 2.22. The van der Waals surface area contributed by atoms with E-state index in [9.17, 15) is 4.79 Å². The molecule has 0 bridgehead atoms. The molecule has 0 saturated carbocycles. The molecule has 20 heavy (non-hydrogen) atoms. The van der Waals surface area contributed by atoms with Crippen LogP contribution >= 0.6 is 22.9 Å². The maximum atomic E-state index is 11.6. The summed E-state index contributed by atoms with van der Waals surface area (Å²) in [6, 6.07) is 0. The minimum Gasteiger partial charge on any atom is -0.460 e. The van der Waals surface area contributed by atoms with Crippen LogP contribution in [0.5, 0.6) is 0 Å². The zero-order valence-electron chi connectivity index (χ0n) is 10.6. The molecule has 0 aliphatic carbocycles. The van der Waals surface area contributed by atoms with Crippen molar-refractivity contribution in [2.24, 2.45) is 0 Å². The van der Waals surface area contributed by atoms with Gasteiger partial charge in [-0.15, -0.1) is 11.3 Å². The van der Waals surface area contributed by atoms with Crippen molar-refractivity contribution >= 4 is 39.9 Å². The molecular weight excluding hydrogens is 300 g/mol. The molecule has 1 aliphatic rings. The molecule has 1 saturated heterocycles. The molecule has 0 spiro atoms. The second kappa shape index (κ2) is 5.95. The zero-order valence-corrected chi connectivity index (χ0v) is 12.2. The van der Waals surface area contributed by atoms with Crippen molar-refractivity contribution in [2.45, 2.75) is 18.9 Å². The van der Waals surface area contributed by atoms with Gasteiger partial charge in [0, 0.05) is 24.3 Å². The quantitative estimate of drug-likeness (QED) is 0.643. The second-order valence-corrected chi connectivity index (χ2v) is 5.67. The maximum absolute atomic E-state index is 11.6. The van der Waals surface area contributed by atoms with Crippen molar-refractivity contribution in [3.05, 3.63) is 28.5 Å². The van der Waals surface area contributed by atoms with Gasteiger partial charge in [-0.05, 0) is 18.9 Å². The number of carbonyl (C=O) groups is 1. The SMILES string of the molecule is O=C(C=Cc1c(Cl)nc2sccn12)OCC1CCCO1. The minimum absolute atomic E-state index is 0.0366. The van der Waals surface area contributed by atoms with E-state index in [0.29, 0.717) is 17.5 Å². The number of hydrogen-bond acceptors (Lipinski definition) is 5. The minimum atomic E-state index is -0.401. The van der Waals surface area contributed by atoms with Gasteiger partial charge in [-0.3, -0.25) is 4.40 Å². The smallest absolute Gasteiger partial charge is 0.330 e. The van der Waals surface area contributed by atoms with Crippen LogP contribution < -0.4 is 0 Å². The molecule has 106 valence electrons. The number of fused-ring (bicyclic) bond motifs is 1. The number of hydrogen-bond donors (Lipinski definition) is 0. The number of imidazole rings is 1. The van der Waals surface area contributed by atoms with Gasteiger partial charge in [-0.2, -0.15) is 0 Å². The molecule has 0 aromatic carbocycles. The van der Waals surface area contributed by atoms with Gasteiger partial charge in [0.05, 0.1) is 11.8 Å². The molecule has 5 nitrogen and oxygen atoms in total. The van der Waals surface area contributed by atoms with Gasteiger partial charge in [0.15, 0.2) is 10.1 Å². The third-order valence-corrected chi connectivity index (χ3v) is 4.10. The van der Waals surface area contributed by atoms with Gasteiger partial charge in [0.25, 0.3) is 0 Å². The summed E-state index contributed by atoms with van der Waals surface area (Å²) in [7, 11) is 0. The summed E-state index contributed by atoms with van der Waals surface area (Å²) in [5.74, 6) is -0.401. The number of thiazole rings is 1. The molecule has 7 heteroatoms. The Bertz CT molecular complexity index is 643. The van der Waals surface area contributed by atoms with Crippen LogP contribution in [0.25, 0.3) is 11.0 Å². The van der Waals surface area contributed by atoms with Crippen molar-refractivity contribution < 1.29 is 14.3 Å². The number of aromatic nitrogens is 2. The first-order valence-corrected chi connectivity index (χ1v) is 7.57. The predicted octanol–water partition coefficient (Wildman–Crippen LogP) is 2.78. The van der Waals surface area contributed by atoms with E-state index in [0.717, 1.165) is 24.4 Å². The first kappa shape index (κ1) is 13.6. The molecular formula is C13H13ClN2O3S. The van der Waals surface area contributed by atoms with E-state index in [2.05, 4.69) is 4.98 Å². The van der Waals surface area contributed by atoms with E-state index >= 15 is 0 Å². The Morgan fingerprint density at radius 1 is 1.70 bits per heavy atom. The van der Waals surface area contributed by atoms with Crippen molar-refractivity contribution in [2.75, 3.05) is 13.2 Å². The molecule has 2 aromatic rings. The van der Waals surface area contributed by atoms with E-state index in [1.54, 1.807) is 6.08 Å². The lowest BCUT2D eigenvalue weighted by atomic mass is 10.2. The lowest BCUT2D eigenvalue weighted by Gasteiger charge is -2.08. The molecule has 2 aromatic heterocycles. The Kier molecular flexibility index (Phi) is 4.05. The summed E-state index contributed by atoms with van der Waals surface area (Å²) in [4.78, 5) is 16.6. The maximum Gasteiger partial charge on any atom is 0.330 e. The molecule has 1 atom stereocenters. The summed E-state index contributed by atoms with van der Waals surface area (Å²) in [6.45, 7) is 1.05.